The van der Waals surface area contributed by atoms with Crippen molar-refractivity contribution in [3.8, 4) is 5.75 Å². The predicted octanol–water partition coefficient (Wildman–Crippen LogP) is 0.958. The number of Topliss-reactive ketones (excluding diaryl/α,β-unsaturated/α-hetero) is 1. The van der Waals surface area contributed by atoms with E-state index in [-0.39, 0.29) is 23.2 Å². The Morgan fingerprint density at radius 3 is 2.81 bits per heavy atom. The number of carboxylic acid groups (broad SMARTS) is 1. The molecule has 1 unspecified atom stereocenters. The fraction of sp³-hybridized carbons (Fsp3) is 0.400. The first-order valence-electron chi connectivity index (χ1n) is 4.69. The first-order valence-corrected chi connectivity index (χ1v) is 4.69. The lowest BCUT2D eigenvalue weighted by atomic mass is 10.1. The molecule has 0 saturated carbocycles. The molecule has 1 aromatic rings. The minimum atomic E-state index is -1.29. The van der Waals surface area contributed by atoms with Crippen LogP contribution in [0, 0.1) is 0 Å². The number of hydrogen-bond acceptors (Lipinski definition) is 5. The Morgan fingerprint density at radius 1 is 1.62 bits per heavy atom. The average Bonchev–Trinajstić information content (AvgIpc) is 2.92. The van der Waals surface area contributed by atoms with E-state index in [0.29, 0.717) is 13.2 Å². The number of furan rings is 1. The summed E-state index contributed by atoms with van der Waals surface area (Å²) in [6.07, 6.45) is 1.16. The van der Waals surface area contributed by atoms with Gasteiger partial charge in [-0.05, 0) is 6.92 Å². The highest BCUT2D eigenvalue weighted by molar-refractivity contribution is 6.05. The summed E-state index contributed by atoms with van der Waals surface area (Å²) in [6.45, 7) is 2.18. The molecule has 0 amide bonds. The zero-order chi connectivity index (χ0) is 11.7. The molecule has 1 aliphatic rings. The van der Waals surface area contributed by atoms with Crippen LogP contribution in [-0.2, 0) is 4.74 Å². The second kappa shape index (κ2) is 3.97. The minimum Gasteiger partial charge on any atom is -0.487 e. The Labute approximate surface area is 90.8 Å². The summed E-state index contributed by atoms with van der Waals surface area (Å²) in [7, 11) is 0. The third kappa shape index (κ3) is 2.06. The zero-order valence-electron chi connectivity index (χ0n) is 8.56. The highest BCUT2D eigenvalue weighted by Gasteiger charge is 2.27. The molecule has 0 bridgehead atoms. The molecular weight excluding hydrogens is 216 g/mol. The number of ether oxygens (including phenoxy) is 2. The molecule has 1 saturated heterocycles. The zero-order valence-corrected chi connectivity index (χ0v) is 8.56. The maximum Gasteiger partial charge on any atom is 0.372 e. The Bertz CT molecular complexity index is 429. The van der Waals surface area contributed by atoms with Gasteiger partial charge in [0.25, 0.3) is 0 Å². The fourth-order valence-electron chi connectivity index (χ4n) is 1.29. The van der Waals surface area contributed by atoms with Gasteiger partial charge in [0.2, 0.25) is 5.76 Å². The summed E-state index contributed by atoms with van der Waals surface area (Å²) < 4.78 is 15.0. The molecule has 0 spiro atoms. The number of aromatic carboxylic acids is 1. The standard InChI is InChI=1S/C10H10O6/c1-5(11)8-7(15-3-6-2-14-6)4-16-9(8)10(12)13/h4,6H,2-3H2,1H3,(H,12,13). The van der Waals surface area contributed by atoms with Gasteiger partial charge in [0.05, 0.1) is 6.61 Å². The van der Waals surface area contributed by atoms with Crippen LogP contribution in [0.5, 0.6) is 5.75 Å². The molecule has 2 heterocycles. The van der Waals surface area contributed by atoms with Crippen molar-refractivity contribution in [1.29, 1.82) is 0 Å². The predicted molar refractivity (Wildman–Crippen MR) is 50.9 cm³/mol. The molecule has 6 nitrogen and oxygen atoms in total. The van der Waals surface area contributed by atoms with Crippen LogP contribution in [0.3, 0.4) is 0 Å². The smallest absolute Gasteiger partial charge is 0.372 e. The normalized spacial score (nSPS) is 18.2. The lowest BCUT2D eigenvalue weighted by Crippen LogP contribution is -2.08. The summed E-state index contributed by atoms with van der Waals surface area (Å²) in [5.41, 5.74) is -0.0341. The Morgan fingerprint density at radius 2 is 2.31 bits per heavy atom. The molecule has 1 N–H and O–H groups in total. The van der Waals surface area contributed by atoms with Crippen LogP contribution in [0.25, 0.3) is 0 Å². The summed E-state index contributed by atoms with van der Waals surface area (Å²) in [6, 6.07) is 0. The Kier molecular flexibility index (Phi) is 2.66. The third-order valence-electron chi connectivity index (χ3n) is 2.13. The van der Waals surface area contributed by atoms with E-state index in [4.69, 9.17) is 19.0 Å². The van der Waals surface area contributed by atoms with Gasteiger partial charge in [-0.1, -0.05) is 0 Å². The monoisotopic (exact) mass is 226 g/mol. The lowest BCUT2D eigenvalue weighted by molar-refractivity contribution is 0.0657. The van der Waals surface area contributed by atoms with Gasteiger partial charge in [0.15, 0.2) is 11.5 Å². The van der Waals surface area contributed by atoms with E-state index in [2.05, 4.69) is 0 Å². The van der Waals surface area contributed by atoms with Crippen molar-refractivity contribution in [3.05, 3.63) is 17.6 Å². The highest BCUT2D eigenvalue weighted by Crippen LogP contribution is 2.26. The van der Waals surface area contributed by atoms with Crippen molar-refractivity contribution < 1.29 is 28.6 Å². The van der Waals surface area contributed by atoms with Crippen LogP contribution in [0.1, 0.15) is 27.8 Å². The van der Waals surface area contributed by atoms with E-state index in [1.165, 1.54) is 6.92 Å². The van der Waals surface area contributed by atoms with Crippen molar-refractivity contribution in [1.82, 2.24) is 0 Å². The van der Waals surface area contributed by atoms with Crippen LogP contribution in [0.2, 0.25) is 0 Å². The molecule has 0 aromatic carbocycles. The average molecular weight is 226 g/mol. The summed E-state index contributed by atoms with van der Waals surface area (Å²) >= 11 is 0. The summed E-state index contributed by atoms with van der Waals surface area (Å²) in [5.74, 6) is -1.93. The lowest BCUT2D eigenvalue weighted by Gasteiger charge is -2.02. The molecule has 1 fully saturated rings. The van der Waals surface area contributed by atoms with Gasteiger partial charge in [-0.2, -0.15) is 0 Å². The number of carbonyl (C=O) groups is 2. The maximum atomic E-state index is 11.3. The maximum absolute atomic E-state index is 11.3. The van der Waals surface area contributed by atoms with Crippen LogP contribution in [0.15, 0.2) is 10.7 Å². The number of carbonyl (C=O) groups excluding carboxylic acids is 1. The molecule has 1 atom stereocenters. The largest absolute Gasteiger partial charge is 0.487 e. The topological polar surface area (TPSA) is 89.3 Å². The molecule has 2 rings (SSSR count). The third-order valence-corrected chi connectivity index (χ3v) is 2.13. The molecule has 16 heavy (non-hydrogen) atoms. The van der Waals surface area contributed by atoms with Gasteiger partial charge in [-0.3, -0.25) is 4.79 Å². The quantitative estimate of drug-likeness (QED) is 0.594. The molecular formula is C10H10O6. The number of epoxide rings is 1. The highest BCUT2D eigenvalue weighted by atomic mass is 16.6. The SMILES string of the molecule is CC(=O)c1c(OCC2CO2)coc1C(=O)O. The first kappa shape index (κ1) is 10.7. The van der Waals surface area contributed by atoms with Crippen LogP contribution in [-0.4, -0.2) is 36.2 Å². The molecule has 1 aromatic heterocycles. The van der Waals surface area contributed by atoms with Gasteiger partial charge in [0.1, 0.15) is 24.5 Å². The van der Waals surface area contributed by atoms with Crippen molar-refractivity contribution in [3.63, 3.8) is 0 Å². The van der Waals surface area contributed by atoms with Gasteiger partial charge < -0.3 is 19.0 Å². The second-order valence-corrected chi connectivity index (χ2v) is 3.43. The van der Waals surface area contributed by atoms with Gasteiger partial charge in [-0.15, -0.1) is 0 Å². The fourth-order valence-corrected chi connectivity index (χ4v) is 1.29. The Hall–Kier alpha value is -1.82. The van der Waals surface area contributed by atoms with Crippen LogP contribution in [0.4, 0.5) is 0 Å². The van der Waals surface area contributed by atoms with E-state index >= 15 is 0 Å². The van der Waals surface area contributed by atoms with Gasteiger partial charge in [0, 0.05) is 0 Å². The Balaban J connectivity index is 2.21. The first-order chi connectivity index (χ1) is 7.59. The van der Waals surface area contributed by atoms with Gasteiger partial charge in [-0.25, -0.2) is 4.79 Å². The molecule has 0 aliphatic carbocycles. The van der Waals surface area contributed by atoms with E-state index in [0.717, 1.165) is 6.26 Å². The van der Waals surface area contributed by atoms with Crippen molar-refractivity contribution in [2.45, 2.75) is 13.0 Å². The van der Waals surface area contributed by atoms with Gasteiger partial charge >= 0.3 is 5.97 Å². The number of hydrogen-bond donors (Lipinski definition) is 1. The molecule has 1 aliphatic heterocycles. The minimum absolute atomic E-state index is 0.0305. The van der Waals surface area contributed by atoms with Crippen LogP contribution < -0.4 is 4.74 Å². The summed E-state index contributed by atoms with van der Waals surface area (Å²) in [5, 5.41) is 8.79. The van der Waals surface area contributed by atoms with E-state index in [9.17, 15) is 9.59 Å². The number of carboxylic acids is 1. The van der Waals surface area contributed by atoms with Crippen LogP contribution >= 0.6 is 0 Å². The molecule has 0 radical (unpaired) electrons. The van der Waals surface area contributed by atoms with E-state index in [1.807, 2.05) is 0 Å². The molecule has 86 valence electrons. The van der Waals surface area contributed by atoms with Crippen molar-refractivity contribution >= 4 is 11.8 Å². The number of ketones is 1. The number of rotatable bonds is 5. The summed E-state index contributed by atoms with van der Waals surface area (Å²) in [4.78, 5) is 22.0. The van der Waals surface area contributed by atoms with Crippen molar-refractivity contribution in [2.24, 2.45) is 0 Å². The second-order valence-electron chi connectivity index (χ2n) is 3.43. The van der Waals surface area contributed by atoms with E-state index in [1.54, 1.807) is 0 Å². The molecule has 6 heteroatoms. The van der Waals surface area contributed by atoms with Crippen molar-refractivity contribution in [2.75, 3.05) is 13.2 Å². The van der Waals surface area contributed by atoms with E-state index < -0.39 is 11.8 Å².